The summed E-state index contributed by atoms with van der Waals surface area (Å²) in [5.74, 6) is 0.320. The second-order valence-corrected chi connectivity index (χ2v) is 4.04. The molecule has 88 valence electrons. The quantitative estimate of drug-likeness (QED) is 0.783. The molecule has 2 aromatic rings. The highest BCUT2D eigenvalue weighted by molar-refractivity contribution is 5.57. The second kappa shape index (κ2) is 5.39. The second-order valence-electron chi connectivity index (χ2n) is 4.04. The van der Waals surface area contributed by atoms with Gasteiger partial charge in [-0.15, -0.1) is 0 Å². The van der Waals surface area contributed by atoms with Crippen LogP contribution < -0.4 is 5.32 Å². The highest BCUT2D eigenvalue weighted by atomic mass is 16.3. The first-order valence-electron chi connectivity index (χ1n) is 5.89. The third-order valence-corrected chi connectivity index (χ3v) is 2.80. The fourth-order valence-corrected chi connectivity index (χ4v) is 1.74. The van der Waals surface area contributed by atoms with Gasteiger partial charge in [-0.3, -0.25) is 0 Å². The maximum absolute atomic E-state index is 9.84. The third kappa shape index (κ3) is 3.00. The van der Waals surface area contributed by atoms with Crippen molar-refractivity contribution in [1.29, 1.82) is 0 Å². The predicted octanol–water partition coefficient (Wildman–Crippen LogP) is 3.57. The predicted molar refractivity (Wildman–Crippen MR) is 71.3 cm³/mol. The van der Waals surface area contributed by atoms with Crippen LogP contribution in [0.4, 0.5) is 5.69 Å². The molecule has 0 amide bonds. The fraction of sp³-hybridized carbons (Fsp3) is 0.200. The van der Waals surface area contributed by atoms with E-state index in [0.717, 1.165) is 24.2 Å². The Morgan fingerprint density at radius 1 is 1.00 bits per heavy atom. The van der Waals surface area contributed by atoms with Gasteiger partial charge in [-0.1, -0.05) is 43.3 Å². The summed E-state index contributed by atoms with van der Waals surface area (Å²) in [6, 6.07) is 15.9. The molecule has 2 N–H and O–H groups in total. The van der Waals surface area contributed by atoms with Crippen molar-refractivity contribution in [3.8, 4) is 5.75 Å². The number of rotatable bonds is 4. The Balaban J connectivity index is 2.04. The highest BCUT2D eigenvalue weighted by Crippen LogP contribution is 2.24. The van der Waals surface area contributed by atoms with Crippen LogP contribution in [0.5, 0.6) is 5.75 Å². The summed E-state index contributed by atoms with van der Waals surface area (Å²) < 4.78 is 0. The number of benzene rings is 2. The van der Waals surface area contributed by atoms with Gasteiger partial charge in [-0.05, 0) is 29.7 Å². The van der Waals surface area contributed by atoms with E-state index in [-0.39, 0.29) is 0 Å². The van der Waals surface area contributed by atoms with Crippen molar-refractivity contribution >= 4 is 5.69 Å². The fourth-order valence-electron chi connectivity index (χ4n) is 1.74. The molecule has 0 saturated heterocycles. The molecule has 0 aliphatic carbocycles. The van der Waals surface area contributed by atoms with Gasteiger partial charge in [0.1, 0.15) is 5.75 Å². The van der Waals surface area contributed by atoms with Crippen LogP contribution in [0, 0.1) is 0 Å². The van der Waals surface area contributed by atoms with E-state index in [4.69, 9.17) is 0 Å². The molecule has 0 aromatic heterocycles. The molecule has 0 fully saturated rings. The molecule has 2 heteroatoms. The van der Waals surface area contributed by atoms with E-state index in [0.29, 0.717) is 5.75 Å². The van der Waals surface area contributed by atoms with Crippen LogP contribution in [-0.2, 0) is 13.0 Å². The van der Waals surface area contributed by atoms with E-state index in [1.807, 2.05) is 36.4 Å². The van der Waals surface area contributed by atoms with Gasteiger partial charge >= 0.3 is 0 Å². The van der Waals surface area contributed by atoms with E-state index >= 15 is 0 Å². The zero-order chi connectivity index (χ0) is 12.1. The molecule has 0 radical (unpaired) electrons. The summed E-state index contributed by atoms with van der Waals surface area (Å²) >= 11 is 0. The molecule has 0 unspecified atom stereocenters. The summed E-state index contributed by atoms with van der Waals surface area (Å²) in [5, 5.41) is 13.1. The minimum Gasteiger partial charge on any atom is -0.506 e. The van der Waals surface area contributed by atoms with Crippen LogP contribution in [0.1, 0.15) is 18.1 Å². The zero-order valence-electron chi connectivity index (χ0n) is 9.98. The maximum atomic E-state index is 9.84. The van der Waals surface area contributed by atoms with Crippen molar-refractivity contribution in [2.45, 2.75) is 19.9 Å². The van der Waals surface area contributed by atoms with Crippen molar-refractivity contribution in [1.82, 2.24) is 0 Å². The molecule has 0 spiro atoms. The molecule has 0 heterocycles. The topological polar surface area (TPSA) is 32.3 Å². The van der Waals surface area contributed by atoms with Crippen LogP contribution in [0.15, 0.2) is 48.5 Å². The van der Waals surface area contributed by atoms with E-state index < -0.39 is 0 Å². The van der Waals surface area contributed by atoms with Crippen LogP contribution >= 0.6 is 0 Å². The lowest BCUT2D eigenvalue weighted by molar-refractivity contribution is 0.476. The molecule has 0 aliphatic rings. The number of aromatic hydroxyl groups is 1. The SMILES string of the molecule is CCc1ccc(NCc2ccccc2)c(O)c1. The summed E-state index contributed by atoms with van der Waals surface area (Å²) in [6.45, 7) is 2.80. The van der Waals surface area contributed by atoms with E-state index in [1.54, 1.807) is 0 Å². The molecule has 2 aromatic carbocycles. The standard InChI is InChI=1S/C15H17NO/c1-2-12-8-9-14(15(17)10-12)16-11-13-6-4-3-5-7-13/h3-10,16-17H,2,11H2,1H3. The molecule has 0 bridgehead atoms. The molecule has 0 atom stereocenters. The van der Waals surface area contributed by atoms with Crippen LogP contribution in [0.2, 0.25) is 0 Å². The van der Waals surface area contributed by atoms with E-state index in [9.17, 15) is 5.11 Å². The molecule has 0 aliphatic heterocycles. The first-order valence-corrected chi connectivity index (χ1v) is 5.89. The minimum atomic E-state index is 0.320. The van der Waals surface area contributed by atoms with Crippen molar-refractivity contribution in [2.24, 2.45) is 0 Å². The normalized spacial score (nSPS) is 10.2. The molecule has 17 heavy (non-hydrogen) atoms. The van der Waals surface area contributed by atoms with Gasteiger partial charge in [-0.2, -0.15) is 0 Å². The Bertz CT molecular complexity index is 480. The van der Waals surface area contributed by atoms with E-state index in [2.05, 4.69) is 24.4 Å². The Morgan fingerprint density at radius 3 is 2.41 bits per heavy atom. The number of phenolic OH excluding ortho intramolecular Hbond substituents is 1. The lowest BCUT2D eigenvalue weighted by Gasteiger charge is -2.09. The molecule has 2 rings (SSSR count). The van der Waals surface area contributed by atoms with Crippen LogP contribution in [0.25, 0.3) is 0 Å². The average molecular weight is 227 g/mol. The number of hydrogen-bond acceptors (Lipinski definition) is 2. The third-order valence-electron chi connectivity index (χ3n) is 2.80. The van der Waals surface area contributed by atoms with Crippen molar-refractivity contribution in [3.05, 3.63) is 59.7 Å². The first-order chi connectivity index (χ1) is 8.29. The van der Waals surface area contributed by atoms with Crippen molar-refractivity contribution in [2.75, 3.05) is 5.32 Å². The Kier molecular flexibility index (Phi) is 3.66. The van der Waals surface area contributed by atoms with Gasteiger partial charge in [0.15, 0.2) is 0 Å². The summed E-state index contributed by atoms with van der Waals surface area (Å²) in [6.07, 6.45) is 0.937. The van der Waals surface area contributed by atoms with Crippen LogP contribution in [0.3, 0.4) is 0 Å². The number of aryl methyl sites for hydroxylation is 1. The molecule has 0 saturated carbocycles. The Hall–Kier alpha value is -1.96. The summed E-state index contributed by atoms with van der Waals surface area (Å²) in [4.78, 5) is 0. The summed E-state index contributed by atoms with van der Waals surface area (Å²) in [5.41, 5.74) is 3.13. The largest absolute Gasteiger partial charge is 0.506 e. The zero-order valence-corrected chi connectivity index (χ0v) is 9.98. The smallest absolute Gasteiger partial charge is 0.138 e. The average Bonchev–Trinajstić information content (AvgIpc) is 2.38. The van der Waals surface area contributed by atoms with Gasteiger partial charge in [0, 0.05) is 6.54 Å². The van der Waals surface area contributed by atoms with Crippen LogP contribution in [-0.4, -0.2) is 5.11 Å². The lowest BCUT2D eigenvalue weighted by atomic mass is 10.1. The van der Waals surface area contributed by atoms with E-state index in [1.165, 1.54) is 5.56 Å². The molecular weight excluding hydrogens is 210 g/mol. The monoisotopic (exact) mass is 227 g/mol. The van der Waals surface area contributed by atoms with Gasteiger partial charge in [0.2, 0.25) is 0 Å². The highest BCUT2D eigenvalue weighted by Gasteiger charge is 2.01. The van der Waals surface area contributed by atoms with Gasteiger partial charge < -0.3 is 10.4 Å². The Labute approximate surface area is 102 Å². The maximum Gasteiger partial charge on any atom is 0.138 e. The number of nitrogens with one attached hydrogen (secondary N) is 1. The van der Waals surface area contributed by atoms with Gasteiger partial charge in [0.25, 0.3) is 0 Å². The van der Waals surface area contributed by atoms with Crippen molar-refractivity contribution in [3.63, 3.8) is 0 Å². The number of anilines is 1. The Morgan fingerprint density at radius 2 is 1.76 bits per heavy atom. The van der Waals surface area contributed by atoms with Gasteiger partial charge in [0.05, 0.1) is 5.69 Å². The number of phenols is 1. The van der Waals surface area contributed by atoms with Gasteiger partial charge in [-0.25, -0.2) is 0 Å². The minimum absolute atomic E-state index is 0.320. The molecule has 2 nitrogen and oxygen atoms in total. The number of hydrogen-bond donors (Lipinski definition) is 2. The first kappa shape index (κ1) is 11.5. The lowest BCUT2D eigenvalue weighted by Crippen LogP contribution is -1.99. The molecular formula is C15H17NO. The summed E-state index contributed by atoms with van der Waals surface area (Å²) in [7, 11) is 0. The van der Waals surface area contributed by atoms with Crippen molar-refractivity contribution < 1.29 is 5.11 Å².